The van der Waals surface area contributed by atoms with Crippen LogP contribution in [0.25, 0.3) is 11.1 Å². The van der Waals surface area contributed by atoms with Crippen LogP contribution in [0.3, 0.4) is 0 Å². The Hall–Kier alpha value is -4.93. The van der Waals surface area contributed by atoms with Crippen molar-refractivity contribution < 1.29 is 22.7 Å². The van der Waals surface area contributed by atoms with Crippen LogP contribution in [0.1, 0.15) is 49.8 Å². The summed E-state index contributed by atoms with van der Waals surface area (Å²) in [6, 6.07) is 13.1. The number of nitrogens with two attached hydrogens (primary N) is 1. The van der Waals surface area contributed by atoms with Crippen molar-refractivity contribution in [2.24, 2.45) is 16.6 Å². The van der Waals surface area contributed by atoms with Crippen LogP contribution in [0.2, 0.25) is 0 Å². The number of nitrogens with one attached hydrogen (secondary N) is 2. The van der Waals surface area contributed by atoms with Gasteiger partial charge in [-0.25, -0.2) is 4.99 Å². The van der Waals surface area contributed by atoms with Crippen molar-refractivity contribution in [2.45, 2.75) is 46.2 Å². The number of alkyl halides is 3. The van der Waals surface area contributed by atoms with Gasteiger partial charge in [0.2, 0.25) is 11.8 Å². The van der Waals surface area contributed by atoms with Gasteiger partial charge in [0, 0.05) is 61.6 Å². The Kier molecular flexibility index (Phi) is 11.0. The fraction of sp³-hybridized carbons (Fsp3) is 0.314. The molecule has 0 unspecified atom stereocenters. The van der Waals surface area contributed by atoms with Crippen LogP contribution in [0.15, 0.2) is 89.6 Å². The van der Waals surface area contributed by atoms with Gasteiger partial charge < -0.3 is 26.1 Å². The minimum atomic E-state index is -4.57. The first kappa shape index (κ1) is 34.0. The number of aliphatic imine (C=N–C) groups is 1. The molecule has 0 atom stereocenters. The lowest BCUT2D eigenvalue weighted by Gasteiger charge is -2.35. The monoisotopic (exact) mass is 632 g/mol. The number of benzene rings is 2. The molecule has 11 heteroatoms. The Labute approximate surface area is 267 Å². The van der Waals surface area contributed by atoms with Gasteiger partial charge in [-0.3, -0.25) is 9.78 Å². The zero-order valence-corrected chi connectivity index (χ0v) is 26.2. The number of pyridine rings is 1. The van der Waals surface area contributed by atoms with E-state index >= 15 is 0 Å². The maximum Gasteiger partial charge on any atom is 0.418 e. The molecule has 0 saturated carbocycles. The SMILES string of the molecule is C=C(N)/C(C=N)=C(\N=C(/C)c1cccnc1)Oc1cc(-c2ccc(N3CCC(CNC(=O)CC)CC3)c(C(F)(F)F)c2)ccc1C. The molecule has 46 heavy (non-hydrogen) atoms. The lowest BCUT2D eigenvalue weighted by atomic mass is 9.94. The average molecular weight is 633 g/mol. The molecular weight excluding hydrogens is 593 g/mol. The number of halogens is 3. The fourth-order valence-electron chi connectivity index (χ4n) is 5.20. The van der Waals surface area contributed by atoms with E-state index in [2.05, 4.69) is 21.9 Å². The van der Waals surface area contributed by atoms with E-state index in [1.807, 2.05) is 6.07 Å². The van der Waals surface area contributed by atoms with E-state index in [-0.39, 0.29) is 34.7 Å². The van der Waals surface area contributed by atoms with E-state index in [0.29, 0.717) is 67.0 Å². The predicted octanol–water partition coefficient (Wildman–Crippen LogP) is 7.04. The number of anilines is 1. The van der Waals surface area contributed by atoms with E-state index < -0.39 is 11.7 Å². The molecule has 3 aromatic rings. The quantitative estimate of drug-likeness (QED) is 0.119. The molecule has 2 heterocycles. The number of piperidine rings is 1. The first-order chi connectivity index (χ1) is 21.9. The Balaban J connectivity index is 1.65. The van der Waals surface area contributed by atoms with Crippen LogP contribution in [0.4, 0.5) is 18.9 Å². The number of carbonyl (C=O) groups excluding carboxylic acids is 1. The third-order valence-corrected chi connectivity index (χ3v) is 7.96. The molecule has 1 amide bonds. The molecule has 242 valence electrons. The van der Waals surface area contributed by atoms with Crippen LogP contribution in [-0.2, 0) is 11.0 Å². The van der Waals surface area contributed by atoms with Crippen molar-refractivity contribution in [3.63, 3.8) is 0 Å². The summed E-state index contributed by atoms with van der Waals surface area (Å²) < 4.78 is 49.5. The summed E-state index contributed by atoms with van der Waals surface area (Å²) in [5, 5.41) is 10.8. The van der Waals surface area contributed by atoms with Crippen LogP contribution < -0.4 is 20.7 Å². The molecule has 1 aliphatic heterocycles. The zero-order chi connectivity index (χ0) is 33.4. The second-order valence-electron chi connectivity index (χ2n) is 11.2. The molecule has 0 radical (unpaired) electrons. The normalized spacial score (nSPS) is 14.8. The number of nitrogens with zero attached hydrogens (tertiary/aromatic N) is 3. The van der Waals surface area contributed by atoms with Crippen LogP contribution in [-0.4, -0.2) is 42.5 Å². The molecule has 4 N–H and O–H groups in total. The van der Waals surface area contributed by atoms with E-state index in [1.54, 1.807) is 68.4 Å². The van der Waals surface area contributed by atoms with Gasteiger partial charge in [0.15, 0.2) is 0 Å². The molecule has 2 aromatic carbocycles. The molecule has 1 saturated heterocycles. The molecule has 4 rings (SSSR count). The third kappa shape index (κ3) is 8.41. The number of hydrogen-bond donors (Lipinski definition) is 3. The summed E-state index contributed by atoms with van der Waals surface area (Å²) >= 11 is 0. The highest BCUT2D eigenvalue weighted by Gasteiger charge is 2.36. The number of rotatable bonds is 11. The van der Waals surface area contributed by atoms with Gasteiger partial charge in [-0.2, -0.15) is 13.2 Å². The highest BCUT2D eigenvalue weighted by molar-refractivity contribution is 5.99. The summed E-state index contributed by atoms with van der Waals surface area (Å²) in [5.41, 5.74) is 8.48. The topological polar surface area (TPSA) is 117 Å². The largest absolute Gasteiger partial charge is 0.438 e. The second-order valence-corrected chi connectivity index (χ2v) is 11.2. The number of aryl methyl sites for hydroxylation is 1. The van der Waals surface area contributed by atoms with Gasteiger partial charge in [0.25, 0.3) is 0 Å². The van der Waals surface area contributed by atoms with Gasteiger partial charge in [0.1, 0.15) is 5.75 Å². The predicted molar refractivity (Wildman–Crippen MR) is 176 cm³/mol. The van der Waals surface area contributed by atoms with Crippen molar-refractivity contribution in [3.05, 3.63) is 101 Å². The van der Waals surface area contributed by atoms with Crippen molar-refractivity contribution >= 4 is 23.5 Å². The Bertz CT molecular complexity index is 1640. The van der Waals surface area contributed by atoms with Crippen molar-refractivity contribution in [1.29, 1.82) is 5.41 Å². The molecule has 8 nitrogen and oxygen atoms in total. The number of amides is 1. The van der Waals surface area contributed by atoms with Gasteiger partial charge in [-0.15, -0.1) is 0 Å². The number of hydrogen-bond acceptors (Lipinski definition) is 7. The second kappa shape index (κ2) is 14.9. The smallest absolute Gasteiger partial charge is 0.418 e. The first-order valence-corrected chi connectivity index (χ1v) is 15.1. The maximum absolute atomic E-state index is 14.4. The molecule has 1 aliphatic rings. The van der Waals surface area contributed by atoms with Gasteiger partial charge in [0.05, 0.1) is 16.8 Å². The van der Waals surface area contributed by atoms with E-state index in [4.69, 9.17) is 15.9 Å². The fourth-order valence-corrected chi connectivity index (χ4v) is 5.20. The highest BCUT2D eigenvalue weighted by Crippen LogP contribution is 2.41. The Morgan fingerprint density at radius 2 is 1.89 bits per heavy atom. The molecule has 0 spiro atoms. The van der Waals surface area contributed by atoms with Gasteiger partial charge in [-0.1, -0.05) is 37.8 Å². The summed E-state index contributed by atoms with van der Waals surface area (Å²) in [6.07, 6.45) is 1.48. The summed E-state index contributed by atoms with van der Waals surface area (Å²) in [6.45, 7) is 10.6. The third-order valence-electron chi connectivity index (χ3n) is 7.96. The average Bonchev–Trinajstić information content (AvgIpc) is 3.04. The Morgan fingerprint density at radius 3 is 2.50 bits per heavy atom. The highest BCUT2D eigenvalue weighted by atomic mass is 19.4. The van der Waals surface area contributed by atoms with E-state index in [0.717, 1.165) is 11.8 Å². The van der Waals surface area contributed by atoms with Crippen LogP contribution in [0, 0.1) is 18.3 Å². The number of ether oxygens (including phenoxy) is 1. The molecule has 1 aromatic heterocycles. The molecular formula is C35H39F3N6O2. The zero-order valence-electron chi connectivity index (χ0n) is 26.2. The molecule has 0 bridgehead atoms. The summed E-state index contributed by atoms with van der Waals surface area (Å²) in [7, 11) is 0. The van der Waals surface area contributed by atoms with E-state index in [1.165, 1.54) is 12.1 Å². The minimum Gasteiger partial charge on any atom is -0.438 e. The van der Waals surface area contributed by atoms with Crippen molar-refractivity contribution in [2.75, 3.05) is 24.5 Å². The number of allylic oxidation sites excluding steroid dienone is 1. The van der Waals surface area contributed by atoms with Gasteiger partial charge >= 0.3 is 6.18 Å². The van der Waals surface area contributed by atoms with Crippen LogP contribution >= 0.6 is 0 Å². The van der Waals surface area contributed by atoms with Crippen molar-refractivity contribution in [1.82, 2.24) is 10.3 Å². The standard InChI is InChI=1S/C35H39F3N6O2/c1-5-33(45)42-20-25-12-15-44(16-13-25)31-11-10-26(17-30(31)35(36,37)38)27-9-8-22(2)32(18-27)46-34(29(19-39)23(3)40)43-24(4)28-7-6-14-41-21-28/h6-11,14,17-19,21,25,39H,3,5,12-13,15-16,20,40H2,1-2,4H3,(H,42,45)/b34-29+,39-19?,43-24+. The lowest BCUT2D eigenvalue weighted by molar-refractivity contribution is -0.137. The van der Waals surface area contributed by atoms with Crippen LogP contribution in [0.5, 0.6) is 5.75 Å². The maximum atomic E-state index is 14.4. The summed E-state index contributed by atoms with van der Waals surface area (Å²) in [4.78, 5) is 22.1. The minimum absolute atomic E-state index is 0.0214. The van der Waals surface area contributed by atoms with E-state index in [9.17, 15) is 18.0 Å². The lowest BCUT2D eigenvalue weighted by Crippen LogP contribution is -2.39. The number of aromatic nitrogens is 1. The van der Waals surface area contributed by atoms with Gasteiger partial charge in [-0.05, 0) is 73.6 Å². The number of carbonyl (C=O) groups is 1. The molecule has 0 aliphatic carbocycles. The molecule has 1 fully saturated rings. The first-order valence-electron chi connectivity index (χ1n) is 15.1. The Morgan fingerprint density at radius 1 is 1.20 bits per heavy atom. The van der Waals surface area contributed by atoms with Crippen molar-refractivity contribution in [3.8, 4) is 16.9 Å². The summed E-state index contributed by atoms with van der Waals surface area (Å²) in [5.74, 6) is 0.563.